The number of pyridine rings is 2. The van der Waals surface area contributed by atoms with Gasteiger partial charge in [-0.3, -0.25) is 0 Å². The Morgan fingerprint density at radius 1 is 0.745 bits per heavy atom. The van der Waals surface area contributed by atoms with Gasteiger partial charge in [-0.25, -0.2) is 19.6 Å². The quantitative estimate of drug-likeness (QED) is 0.204. The van der Waals surface area contributed by atoms with E-state index in [2.05, 4.69) is 75.9 Å². The van der Waals surface area contributed by atoms with Crippen LogP contribution in [0.2, 0.25) is 0 Å². The summed E-state index contributed by atoms with van der Waals surface area (Å²) in [5, 5.41) is 2.38. The summed E-state index contributed by atoms with van der Waals surface area (Å²) < 4.78 is 14.7. The van der Waals surface area contributed by atoms with Gasteiger partial charge in [-0.05, 0) is 146 Å². The molecule has 0 bridgehead atoms. The first kappa shape index (κ1) is 35.2. The third kappa shape index (κ3) is 8.87. The van der Waals surface area contributed by atoms with Crippen LogP contribution in [0.25, 0.3) is 22.1 Å². The van der Waals surface area contributed by atoms with Crippen molar-refractivity contribution in [3.05, 3.63) is 57.0 Å². The smallest absolute Gasteiger partial charge is 0.410 e. The van der Waals surface area contributed by atoms with E-state index in [9.17, 15) is 9.59 Å². The number of carbonyl (C=O) groups excluding carboxylic acids is 2. The van der Waals surface area contributed by atoms with Crippen molar-refractivity contribution < 1.29 is 19.1 Å². The first-order valence-electron chi connectivity index (χ1n) is 16.3. The number of H-pyrrole nitrogens is 1. The molecule has 4 aromatic rings. The Labute approximate surface area is 293 Å². The molecule has 47 heavy (non-hydrogen) atoms. The van der Waals surface area contributed by atoms with E-state index in [1.165, 1.54) is 21.9 Å². The molecule has 2 aliphatic heterocycles. The number of nitrogens with one attached hydrogen (secondary N) is 1. The van der Waals surface area contributed by atoms with Crippen LogP contribution in [0.15, 0.2) is 45.9 Å². The zero-order chi connectivity index (χ0) is 34.1. The lowest BCUT2D eigenvalue weighted by Crippen LogP contribution is -2.41. The summed E-state index contributed by atoms with van der Waals surface area (Å²) in [5.74, 6) is 0.903. The average Bonchev–Trinajstić information content (AvgIpc) is 3.56. The maximum absolute atomic E-state index is 12.2. The van der Waals surface area contributed by atoms with Gasteiger partial charge in [-0.15, -0.1) is 0 Å². The van der Waals surface area contributed by atoms with Gasteiger partial charge in [-0.2, -0.15) is 0 Å². The second-order valence-electron chi connectivity index (χ2n) is 14.5. The fraction of sp³-hybridized carbons (Fsp3) is 0.543. The van der Waals surface area contributed by atoms with Crippen LogP contribution in [0.1, 0.15) is 90.2 Å². The first-order valence-corrected chi connectivity index (χ1v) is 17.9. The van der Waals surface area contributed by atoms with Gasteiger partial charge >= 0.3 is 12.2 Å². The molecule has 12 heteroatoms. The third-order valence-corrected chi connectivity index (χ3v) is 9.41. The number of hydrogen-bond donors (Lipinski definition) is 1. The molecule has 6 heterocycles. The Morgan fingerprint density at radius 3 is 1.72 bits per heavy atom. The highest BCUT2D eigenvalue weighted by atomic mass is 79.9. The second-order valence-corrected chi connectivity index (χ2v) is 16.1. The van der Waals surface area contributed by atoms with Crippen molar-refractivity contribution in [2.24, 2.45) is 7.05 Å². The van der Waals surface area contributed by atoms with E-state index in [4.69, 9.17) is 9.47 Å². The zero-order valence-electron chi connectivity index (χ0n) is 28.4. The molecular weight excluding hydrogens is 728 g/mol. The lowest BCUT2D eigenvalue weighted by molar-refractivity contribution is 0.0194. The highest BCUT2D eigenvalue weighted by molar-refractivity contribution is 9.10. The highest BCUT2D eigenvalue weighted by Crippen LogP contribution is 2.35. The van der Waals surface area contributed by atoms with Crippen LogP contribution in [0.4, 0.5) is 9.59 Å². The van der Waals surface area contributed by atoms with Gasteiger partial charge in [0.15, 0.2) is 0 Å². The minimum atomic E-state index is -0.442. The van der Waals surface area contributed by atoms with Gasteiger partial charge in [0.05, 0.1) is 0 Å². The van der Waals surface area contributed by atoms with E-state index in [0.29, 0.717) is 11.8 Å². The van der Waals surface area contributed by atoms with Crippen LogP contribution in [0, 0.1) is 0 Å². The predicted octanol–water partition coefficient (Wildman–Crippen LogP) is 8.89. The Morgan fingerprint density at radius 2 is 1.21 bits per heavy atom. The molecule has 0 radical (unpaired) electrons. The van der Waals surface area contributed by atoms with Crippen LogP contribution >= 0.6 is 31.9 Å². The van der Waals surface area contributed by atoms with E-state index >= 15 is 0 Å². The maximum atomic E-state index is 12.2. The number of aryl methyl sites for hydroxylation is 1. The lowest BCUT2D eigenvalue weighted by Gasteiger charge is -2.33. The molecule has 2 amide bonds. The molecule has 0 atom stereocenters. The van der Waals surface area contributed by atoms with Crippen molar-refractivity contribution in [3.8, 4) is 0 Å². The lowest BCUT2D eigenvalue weighted by atomic mass is 9.90. The Hall–Kier alpha value is -3.12. The molecule has 10 nitrogen and oxygen atoms in total. The number of nitrogens with zero attached hydrogens (tertiary/aromatic N) is 5. The van der Waals surface area contributed by atoms with Crippen LogP contribution in [0.3, 0.4) is 0 Å². The number of piperidine rings is 2. The summed E-state index contributed by atoms with van der Waals surface area (Å²) in [6, 6.07) is 8.18. The number of aromatic nitrogens is 4. The molecule has 4 aromatic heterocycles. The van der Waals surface area contributed by atoms with Crippen LogP contribution in [-0.4, -0.2) is 78.9 Å². The van der Waals surface area contributed by atoms with Crippen molar-refractivity contribution in [2.45, 2.75) is 90.3 Å². The monoisotopic (exact) mass is 772 g/mol. The number of likely N-dealkylation sites (tertiary alicyclic amines) is 2. The van der Waals surface area contributed by atoms with Crippen LogP contribution in [0.5, 0.6) is 0 Å². The van der Waals surface area contributed by atoms with Gasteiger partial charge in [-0.1, -0.05) is 0 Å². The predicted molar refractivity (Wildman–Crippen MR) is 192 cm³/mol. The Kier molecular flexibility index (Phi) is 10.6. The summed E-state index contributed by atoms with van der Waals surface area (Å²) in [5.41, 5.74) is 3.64. The van der Waals surface area contributed by atoms with Crippen molar-refractivity contribution in [1.82, 2.24) is 29.3 Å². The van der Waals surface area contributed by atoms with E-state index in [1.54, 1.807) is 0 Å². The van der Waals surface area contributed by atoms with Gasteiger partial charge in [0.1, 0.15) is 31.7 Å². The largest absolute Gasteiger partial charge is 0.444 e. The molecular formula is C35H46Br2N6O4. The normalized spacial score (nSPS) is 16.7. The van der Waals surface area contributed by atoms with Gasteiger partial charge < -0.3 is 28.8 Å². The van der Waals surface area contributed by atoms with Crippen molar-refractivity contribution in [3.63, 3.8) is 0 Å². The van der Waals surface area contributed by atoms with Gasteiger partial charge in [0, 0.05) is 56.4 Å². The summed E-state index contributed by atoms with van der Waals surface area (Å²) in [7, 11) is 2.03. The minimum Gasteiger partial charge on any atom is -0.444 e. The van der Waals surface area contributed by atoms with Crippen LogP contribution < -0.4 is 0 Å². The molecule has 0 aliphatic carbocycles. The third-order valence-electron chi connectivity index (χ3n) is 8.53. The maximum Gasteiger partial charge on any atom is 0.410 e. The molecule has 254 valence electrons. The molecule has 0 saturated carbocycles. The summed E-state index contributed by atoms with van der Waals surface area (Å²) in [6.07, 6.45) is 7.62. The fourth-order valence-corrected chi connectivity index (χ4v) is 6.93. The molecule has 2 aliphatic rings. The van der Waals surface area contributed by atoms with E-state index in [0.717, 1.165) is 72.4 Å². The summed E-state index contributed by atoms with van der Waals surface area (Å²) in [6.45, 7) is 14.3. The number of halogens is 2. The molecule has 6 rings (SSSR count). The average molecular weight is 775 g/mol. The van der Waals surface area contributed by atoms with E-state index in [-0.39, 0.29) is 12.2 Å². The number of aromatic amines is 1. The second kappa shape index (κ2) is 14.2. The van der Waals surface area contributed by atoms with E-state index in [1.807, 2.05) is 70.5 Å². The number of hydrogen-bond acceptors (Lipinski definition) is 6. The van der Waals surface area contributed by atoms with Gasteiger partial charge in [0.2, 0.25) is 0 Å². The minimum absolute atomic E-state index is 0.204. The number of amides is 2. The fourth-order valence-electron chi connectivity index (χ4n) is 6.32. The molecule has 0 spiro atoms. The number of rotatable bonds is 2. The summed E-state index contributed by atoms with van der Waals surface area (Å²) >= 11 is 6.83. The van der Waals surface area contributed by atoms with Crippen molar-refractivity contribution >= 4 is 66.1 Å². The van der Waals surface area contributed by atoms with Crippen LogP contribution in [-0.2, 0) is 16.5 Å². The molecule has 0 unspecified atom stereocenters. The number of fused-ring (bicyclic) bond motifs is 2. The van der Waals surface area contributed by atoms with Crippen molar-refractivity contribution in [2.75, 3.05) is 26.2 Å². The van der Waals surface area contributed by atoms with Gasteiger partial charge in [0.25, 0.3) is 0 Å². The highest BCUT2D eigenvalue weighted by Gasteiger charge is 2.30. The number of ether oxygens (including phenoxy) is 2. The summed E-state index contributed by atoms with van der Waals surface area (Å²) in [4.78, 5) is 40.2. The SMILES string of the molecule is CC(C)(C)OC(=O)N1CCC(c2c[nH]c3nc(Br)ccc23)CC1.Cn1cc(C2CCN(C(=O)OC(C)(C)C)CC2)c2ccc(Br)nc21. The molecule has 0 aromatic carbocycles. The zero-order valence-corrected chi connectivity index (χ0v) is 31.6. The van der Waals surface area contributed by atoms with E-state index < -0.39 is 11.2 Å². The molecule has 1 N–H and O–H groups in total. The topological polar surface area (TPSA) is 106 Å². The standard InChI is InChI=1S/C18H24BrN3O2.C17H22BrN3O2/c1-18(2,3)24-17(23)22-9-7-12(8-10-22)14-11-21(4)16-13(14)5-6-15(19)20-16;1-17(2,3)23-16(22)21-8-6-11(7-9-21)13-10-19-15-12(13)4-5-14(18)20-15/h5-6,11-12H,7-10H2,1-4H3;4-5,10-11H,6-9H2,1-3H3,(H,19,20). The number of carbonyl (C=O) groups is 2. The van der Waals surface area contributed by atoms with Crippen molar-refractivity contribution in [1.29, 1.82) is 0 Å². The Bertz CT molecular complexity index is 1720. The Balaban J connectivity index is 0.000000185. The first-order chi connectivity index (χ1) is 22.1. The molecule has 2 fully saturated rings. The molecule has 2 saturated heterocycles.